The van der Waals surface area contributed by atoms with Crippen molar-refractivity contribution in [3.05, 3.63) is 0 Å². The van der Waals surface area contributed by atoms with Gasteiger partial charge in [0.25, 0.3) is 0 Å². The maximum absolute atomic E-state index is 11.5. The Balaban J connectivity index is 4.61. The molecule has 0 rings (SSSR count). The number of carbonyl (C=O) groups excluding carboxylic acids is 2. The van der Waals surface area contributed by atoms with Gasteiger partial charge in [-0.15, -0.1) is 11.6 Å². The Labute approximate surface area is 118 Å². The van der Waals surface area contributed by atoms with Crippen LogP contribution in [0.25, 0.3) is 0 Å². The zero-order valence-corrected chi connectivity index (χ0v) is 13.1. The second-order valence-corrected chi connectivity index (χ2v) is 7.74. The monoisotopic (exact) mass is 313 g/mol. The summed E-state index contributed by atoms with van der Waals surface area (Å²) in [5.74, 6) is -0.962. The van der Waals surface area contributed by atoms with E-state index in [1.165, 1.54) is 0 Å². The van der Waals surface area contributed by atoms with E-state index in [-0.39, 0.29) is 18.1 Å². The van der Waals surface area contributed by atoms with E-state index in [4.69, 9.17) is 16.3 Å². The van der Waals surface area contributed by atoms with Gasteiger partial charge in [0.1, 0.15) is 15.4 Å². The largest absolute Gasteiger partial charge is 0.444 e. The zero-order chi connectivity index (χ0) is 15.3. The van der Waals surface area contributed by atoms with E-state index in [2.05, 4.69) is 5.32 Å². The van der Waals surface area contributed by atoms with Crippen LogP contribution < -0.4 is 5.32 Å². The van der Waals surface area contributed by atoms with Crippen LogP contribution in [0.4, 0.5) is 4.79 Å². The molecule has 1 amide bonds. The van der Waals surface area contributed by atoms with Gasteiger partial charge in [0.05, 0.1) is 17.7 Å². The first-order valence-corrected chi connectivity index (χ1v) is 8.30. The summed E-state index contributed by atoms with van der Waals surface area (Å²) in [6.07, 6.45) is 0.260. The lowest BCUT2D eigenvalue weighted by molar-refractivity contribution is -0.118. The zero-order valence-electron chi connectivity index (χ0n) is 11.5. The summed E-state index contributed by atoms with van der Waals surface area (Å²) in [5, 5.41) is 2.34. The first-order valence-electron chi connectivity index (χ1n) is 5.70. The van der Waals surface area contributed by atoms with Crippen LogP contribution in [0.15, 0.2) is 0 Å². The molecule has 0 saturated heterocycles. The molecule has 0 aliphatic heterocycles. The average molecular weight is 314 g/mol. The molecule has 0 bridgehead atoms. The Morgan fingerprint density at radius 1 is 1.32 bits per heavy atom. The third-order valence-corrected chi connectivity index (χ3v) is 3.23. The van der Waals surface area contributed by atoms with Crippen LogP contribution in [0.5, 0.6) is 0 Å². The van der Waals surface area contributed by atoms with Crippen molar-refractivity contribution >= 4 is 33.3 Å². The van der Waals surface area contributed by atoms with Gasteiger partial charge in [-0.25, -0.2) is 13.2 Å². The van der Waals surface area contributed by atoms with Gasteiger partial charge >= 0.3 is 6.09 Å². The van der Waals surface area contributed by atoms with Gasteiger partial charge in [0, 0.05) is 6.26 Å². The summed E-state index contributed by atoms with van der Waals surface area (Å²) < 4.78 is 27.1. The Morgan fingerprint density at radius 2 is 1.84 bits per heavy atom. The molecule has 0 radical (unpaired) electrons. The average Bonchev–Trinajstić information content (AvgIpc) is 2.19. The molecule has 6 nitrogen and oxygen atoms in total. The van der Waals surface area contributed by atoms with Crippen molar-refractivity contribution in [2.75, 3.05) is 17.9 Å². The highest BCUT2D eigenvalue weighted by atomic mass is 35.5. The maximum Gasteiger partial charge on any atom is 0.408 e. The Bertz CT molecular complexity index is 427. The SMILES string of the molecule is CC(C)(C)OC(=O)NC(CCS(C)(=O)=O)C(=O)CCl. The molecule has 8 heteroatoms. The van der Waals surface area contributed by atoms with Crippen molar-refractivity contribution in [3.63, 3.8) is 0 Å². The number of halogens is 1. The fraction of sp³-hybridized carbons (Fsp3) is 0.818. The van der Waals surface area contributed by atoms with Gasteiger partial charge in [0.15, 0.2) is 5.78 Å². The Hall–Kier alpha value is -0.820. The number of alkyl carbamates (subject to hydrolysis) is 1. The summed E-state index contributed by atoms with van der Waals surface area (Å²) in [7, 11) is -3.22. The normalized spacial score (nSPS) is 13.7. The standard InChI is InChI=1S/C11H20ClNO5S/c1-11(2,3)18-10(15)13-8(9(14)7-12)5-6-19(4,16)17/h8H,5-7H2,1-4H3,(H,13,15). The fourth-order valence-electron chi connectivity index (χ4n) is 1.19. The molecule has 19 heavy (non-hydrogen) atoms. The number of alkyl halides is 1. The molecule has 0 heterocycles. The van der Waals surface area contributed by atoms with Crippen molar-refractivity contribution in [1.82, 2.24) is 5.32 Å². The third kappa shape index (κ3) is 9.72. The number of carbonyl (C=O) groups is 2. The minimum absolute atomic E-state index is 0.0242. The maximum atomic E-state index is 11.5. The van der Waals surface area contributed by atoms with Gasteiger partial charge in [-0.1, -0.05) is 0 Å². The second kappa shape index (κ2) is 7.09. The van der Waals surface area contributed by atoms with Crippen LogP contribution in [0.2, 0.25) is 0 Å². The van der Waals surface area contributed by atoms with Gasteiger partial charge < -0.3 is 10.1 Å². The molecule has 0 aromatic carbocycles. The van der Waals surface area contributed by atoms with Crippen LogP contribution >= 0.6 is 11.6 Å². The number of hydrogen-bond acceptors (Lipinski definition) is 5. The van der Waals surface area contributed by atoms with Gasteiger partial charge in [0.2, 0.25) is 0 Å². The van der Waals surface area contributed by atoms with Gasteiger partial charge in [-0.05, 0) is 27.2 Å². The molecule has 0 spiro atoms. The molecular formula is C11H20ClNO5S. The van der Waals surface area contributed by atoms with E-state index in [1.807, 2.05) is 0 Å². The molecule has 0 aliphatic rings. The van der Waals surface area contributed by atoms with E-state index >= 15 is 0 Å². The highest BCUT2D eigenvalue weighted by Gasteiger charge is 2.24. The Morgan fingerprint density at radius 3 is 2.21 bits per heavy atom. The smallest absolute Gasteiger partial charge is 0.408 e. The molecular weight excluding hydrogens is 294 g/mol. The molecule has 1 N–H and O–H groups in total. The van der Waals surface area contributed by atoms with E-state index in [9.17, 15) is 18.0 Å². The minimum Gasteiger partial charge on any atom is -0.444 e. The van der Waals surface area contributed by atoms with Crippen LogP contribution in [-0.2, 0) is 19.4 Å². The summed E-state index contributed by atoms with van der Waals surface area (Å²) in [4.78, 5) is 23.1. The number of ether oxygens (including phenoxy) is 1. The number of sulfone groups is 1. The number of Topliss-reactive ketones (excluding diaryl/α,β-unsaturated/α-hetero) is 1. The third-order valence-electron chi connectivity index (χ3n) is 1.99. The molecule has 0 aliphatic carbocycles. The van der Waals surface area contributed by atoms with E-state index in [0.29, 0.717) is 0 Å². The molecule has 0 aromatic rings. The van der Waals surface area contributed by atoms with Crippen molar-refractivity contribution in [1.29, 1.82) is 0 Å². The molecule has 0 aromatic heterocycles. The van der Waals surface area contributed by atoms with Crippen molar-refractivity contribution in [2.45, 2.75) is 38.8 Å². The van der Waals surface area contributed by atoms with Crippen LogP contribution in [0.1, 0.15) is 27.2 Å². The number of hydrogen-bond donors (Lipinski definition) is 1. The molecule has 0 saturated carbocycles. The first-order chi connectivity index (χ1) is 8.44. The lowest BCUT2D eigenvalue weighted by Gasteiger charge is -2.22. The van der Waals surface area contributed by atoms with Crippen molar-refractivity contribution in [3.8, 4) is 0 Å². The fourth-order valence-corrected chi connectivity index (χ4v) is 2.04. The lowest BCUT2D eigenvalue weighted by Crippen LogP contribution is -2.44. The molecule has 1 unspecified atom stereocenters. The Kier molecular flexibility index (Phi) is 6.79. The van der Waals surface area contributed by atoms with Crippen LogP contribution in [-0.4, -0.2) is 49.8 Å². The van der Waals surface area contributed by atoms with E-state index in [1.54, 1.807) is 20.8 Å². The summed E-state index contributed by atoms with van der Waals surface area (Å²) >= 11 is 5.42. The first kappa shape index (κ1) is 18.2. The second-order valence-electron chi connectivity index (χ2n) is 5.22. The van der Waals surface area contributed by atoms with Crippen molar-refractivity contribution < 1.29 is 22.7 Å². The quantitative estimate of drug-likeness (QED) is 0.742. The van der Waals surface area contributed by atoms with Crippen LogP contribution in [0, 0.1) is 0 Å². The highest BCUT2D eigenvalue weighted by molar-refractivity contribution is 7.90. The topological polar surface area (TPSA) is 89.5 Å². The van der Waals surface area contributed by atoms with Crippen LogP contribution in [0.3, 0.4) is 0 Å². The van der Waals surface area contributed by atoms with Gasteiger partial charge in [-0.3, -0.25) is 4.79 Å². The predicted octanol–water partition coefficient (Wildman–Crippen LogP) is 1.12. The summed E-state index contributed by atoms with van der Waals surface area (Å²) in [6, 6.07) is -0.956. The van der Waals surface area contributed by atoms with E-state index in [0.717, 1.165) is 6.26 Å². The minimum atomic E-state index is -3.22. The summed E-state index contributed by atoms with van der Waals surface area (Å²) in [6.45, 7) is 5.05. The molecule has 112 valence electrons. The lowest BCUT2D eigenvalue weighted by atomic mass is 10.1. The van der Waals surface area contributed by atoms with Crippen molar-refractivity contribution in [2.24, 2.45) is 0 Å². The van der Waals surface area contributed by atoms with Gasteiger partial charge in [-0.2, -0.15) is 0 Å². The number of rotatable bonds is 6. The van der Waals surface area contributed by atoms with E-state index < -0.39 is 33.4 Å². The summed E-state index contributed by atoms with van der Waals surface area (Å²) in [5.41, 5.74) is -0.699. The highest BCUT2D eigenvalue weighted by Crippen LogP contribution is 2.08. The molecule has 0 fully saturated rings. The number of amides is 1. The number of ketones is 1. The predicted molar refractivity (Wildman–Crippen MR) is 73.2 cm³/mol. The molecule has 1 atom stereocenters. The number of nitrogens with one attached hydrogen (secondary N) is 1.